The van der Waals surface area contributed by atoms with Gasteiger partial charge in [-0.3, -0.25) is 4.79 Å². The van der Waals surface area contributed by atoms with Crippen molar-refractivity contribution < 1.29 is 9.90 Å². The van der Waals surface area contributed by atoms with Crippen molar-refractivity contribution in [1.29, 1.82) is 0 Å². The quantitative estimate of drug-likeness (QED) is 0.873. The zero-order valence-corrected chi connectivity index (χ0v) is 12.9. The molecule has 0 spiro atoms. The summed E-state index contributed by atoms with van der Waals surface area (Å²) in [5.41, 5.74) is 1.41. The molecule has 5 heteroatoms. The molecule has 1 N–H and O–H groups in total. The molecule has 1 saturated heterocycles. The van der Waals surface area contributed by atoms with E-state index in [-0.39, 0.29) is 23.8 Å². The van der Waals surface area contributed by atoms with Crippen molar-refractivity contribution in [3.8, 4) is 0 Å². The number of rotatable bonds is 3. The van der Waals surface area contributed by atoms with Gasteiger partial charge in [0.15, 0.2) is 0 Å². The standard InChI is InChI=1S/C15H21ClN2O2/c1-9(2)13-6-12(7-14(16)17-13)15(20)18-5-4-11(8-18)10(3)19/h6-7,9-11,19H,4-5,8H2,1-3H3. The number of carbonyl (C=O) groups is 1. The first-order chi connectivity index (χ1) is 9.38. The van der Waals surface area contributed by atoms with Gasteiger partial charge in [-0.05, 0) is 31.4 Å². The molecule has 1 aromatic rings. The summed E-state index contributed by atoms with van der Waals surface area (Å²) in [7, 11) is 0. The molecule has 0 saturated carbocycles. The number of carbonyl (C=O) groups excluding carboxylic acids is 1. The third-order valence-corrected chi connectivity index (χ3v) is 4.04. The predicted octanol–water partition coefficient (Wildman–Crippen LogP) is 2.70. The largest absolute Gasteiger partial charge is 0.393 e. The number of nitrogens with zero attached hydrogens (tertiary/aromatic N) is 2. The molecule has 0 bridgehead atoms. The Morgan fingerprint density at radius 1 is 1.45 bits per heavy atom. The van der Waals surface area contributed by atoms with E-state index in [1.807, 2.05) is 19.9 Å². The van der Waals surface area contributed by atoms with Crippen LogP contribution in [0.2, 0.25) is 5.15 Å². The third-order valence-electron chi connectivity index (χ3n) is 3.85. The SMILES string of the molecule is CC(C)c1cc(C(=O)N2CCC(C(C)O)C2)cc(Cl)n1. The van der Waals surface area contributed by atoms with Gasteiger partial charge in [0.2, 0.25) is 0 Å². The lowest BCUT2D eigenvalue weighted by molar-refractivity contribution is 0.0762. The van der Waals surface area contributed by atoms with Crippen molar-refractivity contribution in [2.75, 3.05) is 13.1 Å². The fourth-order valence-corrected chi connectivity index (χ4v) is 2.70. The average molecular weight is 297 g/mol. The Kier molecular flexibility index (Phi) is 4.66. The molecule has 2 heterocycles. The van der Waals surface area contributed by atoms with E-state index in [4.69, 9.17) is 11.6 Å². The second-order valence-electron chi connectivity index (χ2n) is 5.80. The lowest BCUT2D eigenvalue weighted by atomic mass is 10.0. The van der Waals surface area contributed by atoms with Gasteiger partial charge in [0.25, 0.3) is 5.91 Å². The minimum atomic E-state index is -0.375. The molecule has 2 unspecified atom stereocenters. The zero-order valence-electron chi connectivity index (χ0n) is 12.1. The summed E-state index contributed by atoms with van der Waals surface area (Å²) >= 11 is 6.00. The van der Waals surface area contributed by atoms with Crippen LogP contribution >= 0.6 is 11.6 Å². The van der Waals surface area contributed by atoms with Crippen molar-refractivity contribution >= 4 is 17.5 Å². The Bertz CT molecular complexity index is 503. The third kappa shape index (κ3) is 3.30. The fourth-order valence-electron chi connectivity index (χ4n) is 2.48. The first kappa shape index (κ1) is 15.3. The molecule has 1 aromatic heterocycles. The lowest BCUT2D eigenvalue weighted by Gasteiger charge is -2.18. The Hall–Kier alpha value is -1.13. The van der Waals surface area contributed by atoms with Gasteiger partial charge < -0.3 is 10.0 Å². The topological polar surface area (TPSA) is 53.4 Å². The molecule has 1 fully saturated rings. The van der Waals surface area contributed by atoms with Crippen molar-refractivity contribution in [1.82, 2.24) is 9.88 Å². The molecule has 1 aliphatic heterocycles. The van der Waals surface area contributed by atoms with Crippen LogP contribution in [0.25, 0.3) is 0 Å². The van der Waals surface area contributed by atoms with Crippen molar-refractivity contribution in [3.05, 3.63) is 28.5 Å². The van der Waals surface area contributed by atoms with Gasteiger partial charge in [-0.2, -0.15) is 0 Å². The molecule has 4 nitrogen and oxygen atoms in total. The highest BCUT2D eigenvalue weighted by molar-refractivity contribution is 6.29. The lowest BCUT2D eigenvalue weighted by Crippen LogP contribution is -2.30. The molecular weight excluding hydrogens is 276 g/mol. The number of hydrogen-bond donors (Lipinski definition) is 1. The first-order valence-electron chi connectivity index (χ1n) is 7.03. The summed E-state index contributed by atoms with van der Waals surface area (Å²) in [5.74, 6) is 0.365. The van der Waals surface area contributed by atoms with E-state index < -0.39 is 0 Å². The Labute approximate surface area is 124 Å². The van der Waals surface area contributed by atoms with Crippen molar-refractivity contribution in [2.45, 2.75) is 39.2 Å². The highest BCUT2D eigenvalue weighted by Gasteiger charge is 2.29. The van der Waals surface area contributed by atoms with Crippen LogP contribution in [0.5, 0.6) is 0 Å². The first-order valence-corrected chi connectivity index (χ1v) is 7.41. The van der Waals surface area contributed by atoms with E-state index in [0.717, 1.165) is 12.1 Å². The molecule has 0 aromatic carbocycles. The summed E-state index contributed by atoms with van der Waals surface area (Å²) < 4.78 is 0. The van der Waals surface area contributed by atoms with Crippen LogP contribution in [0.4, 0.5) is 0 Å². The molecule has 20 heavy (non-hydrogen) atoms. The number of hydrogen-bond acceptors (Lipinski definition) is 3. The van der Waals surface area contributed by atoms with Crippen LogP contribution in [-0.4, -0.2) is 40.1 Å². The van der Waals surface area contributed by atoms with Crippen LogP contribution in [0.3, 0.4) is 0 Å². The summed E-state index contributed by atoms with van der Waals surface area (Å²) in [6, 6.07) is 3.43. The summed E-state index contributed by atoms with van der Waals surface area (Å²) in [6.07, 6.45) is 0.472. The Morgan fingerprint density at radius 3 is 2.70 bits per heavy atom. The predicted molar refractivity (Wildman–Crippen MR) is 79.0 cm³/mol. The number of aliphatic hydroxyl groups excluding tert-OH is 1. The smallest absolute Gasteiger partial charge is 0.254 e. The average Bonchev–Trinajstić information content (AvgIpc) is 2.86. The van der Waals surface area contributed by atoms with Gasteiger partial charge in [-0.25, -0.2) is 4.98 Å². The monoisotopic (exact) mass is 296 g/mol. The van der Waals surface area contributed by atoms with E-state index in [0.29, 0.717) is 23.8 Å². The van der Waals surface area contributed by atoms with Crippen molar-refractivity contribution in [2.24, 2.45) is 5.92 Å². The number of pyridine rings is 1. The highest BCUT2D eigenvalue weighted by Crippen LogP contribution is 2.24. The molecule has 1 aliphatic rings. The molecule has 2 rings (SSSR count). The molecular formula is C15H21ClN2O2. The number of amides is 1. The highest BCUT2D eigenvalue weighted by atomic mass is 35.5. The maximum Gasteiger partial charge on any atom is 0.254 e. The van der Waals surface area contributed by atoms with Gasteiger partial charge in [-0.1, -0.05) is 25.4 Å². The van der Waals surface area contributed by atoms with Crippen LogP contribution < -0.4 is 0 Å². The molecule has 0 aliphatic carbocycles. The summed E-state index contributed by atoms with van der Waals surface area (Å²) in [4.78, 5) is 18.5. The van der Waals surface area contributed by atoms with E-state index >= 15 is 0 Å². The fraction of sp³-hybridized carbons (Fsp3) is 0.600. The number of halogens is 1. The number of likely N-dealkylation sites (tertiary alicyclic amines) is 1. The molecule has 0 radical (unpaired) electrons. The van der Waals surface area contributed by atoms with Gasteiger partial charge in [0, 0.05) is 30.3 Å². The molecule has 1 amide bonds. The maximum atomic E-state index is 12.5. The van der Waals surface area contributed by atoms with Gasteiger partial charge in [-0.15, -0.1) is 0 Å². The van der Waals surface area contributed by atoms with E-state index in [9.17, 15) is 9.90 Å². The molecule has 110 valence electrons. The normalized spacial score (nSPS) is 20.5. The Balaban J connectivity index is 2.18. The minimum Gasteiger partial charge on any atom is -0.393 e. The van der Waals surface area contributed by atoms with E-state index in [2.05, 4.69) is 4.98 Å². The van der Waals surface area contributed by atoms with Crippen LogP contribution in [0, 0.1) is 5.92 Å². The molecule has 2 atom stereocenters. The van der Waals surface area contributed by atoms with Crippen LogP contribution in [0.1, 0.15) is 49.2 Å². The second kappa shape index (κ2) is 6.10. The van der Waals surface area contributed by atoms with E-state index in [1.54, 1.807) is 17.9 Å². The Morgan fingerprint density at radius 2 is 2.15 bits per heavy atom. The summed E-state index contributed by atoms with van der Waals surface area (Å²) in [5, 5.41) is 9.97. The van der Waals surface area contributed by atoms with Crippen molar-refractivity contribution in [3.63, 3.8) is 0 Å². The van der Waals surface area contributed by atoms with Crippen LogP contribution in [0.15, 0.2) is 12.1 Å². The van der Waals surface area contributed by atoms with Crippen LogP contribution in [-0.2, 0) is 0 Å². The van der Waals surface area contributed by atoms with Gasteiger partial charge in [0.05, 0.1) is 6.10 Å². The van der Waals surface area contributed by atoms with Gasteiger partial charge >= 0.3 is 0 Å². The maximum absolute atomic E-state index is 12.5. The second-order valence-corrected chi connectivity index (χ2v) is 6.19. The number of aliphatic hydroxyl groups is 1. The minimum absolute atomic E-state index is 0.0284. The van der Waals surface area contributed by atoms with E-state index in [1.165, 1.54) is 0 Å². The zero-order chi connectivity index (χ0) is 14.9. The summed E-state index contributed by atoms with van der Waals surface area (Å²) in [6.45, 7) is 7.11. The van der Waals surface area contributed by atoms with Gasteiger partial charge in [0.1, 0.15) is 5.15 Å². The number of aromatic nitrogens is 1.